The second-order valence-electron chi connectivity index (χ2n) is 4.91. The molecule has 124 valence electrons. The Morgan fingerprint density at radius 1 is 1.29 bits per heavy atom. The van der Waals surface area contributed by atoms with E-state index in [0.717, 1.165) is 10.8 Å². The normalized spacial score (nSPS) is 10.6. The highest BCUT2D eigenvalue weighted by Gasteiger charge is 2.24. The highest BCUT2D eigenvalue weighted by Crippen LogP contribution is 2.29. The molecule has 6 nitrogen and oxygen atoms in total. The zero-order valence-corrected chi connectivity index (χ0v) is 14.1. The van der Waals surface area contributed by atoms with Gasteiger partial charge in [0.05, 0.1) is 17.9 Å². The lowest BCUT2D eigenvalue weighted by Crippen LogP contribution is -2.06. The highest BCUT2D eigenvalue weighted by molar-refractivity contribution is 7.09. The van der Waals surface area contributed by atoms with Gasteiger partial charge in [0.15, 0.2) is 0 Å². The molecule has 7 heteroatoms. The number of hydrogen-bond donors (Lipinski definition) is 0. The van der Waals surface area contributed by atoms with Crippen molar-refractivity contribution in [1.29, 1.82) is 0 Å². The first kappa shape index (κ1) is 16.2. The SMILES string of the molecule is CCOC(=O)c1noc(C)c1-c1csc(COc2ccccc2)n1. The Bertz CT molecular complexity index is 826. The number of benzene rings is 1. The Balaban J connectivity index is 1.78. The Kier molecular flexibility index (Phi) is 4.90. The average molecular weight is 344 g/mol. The number of aromatic nitrogens is 2. The summed E-state index contributed by atoms with van der Waals surface area (Å²) in [5, 5.41) is 6.45. The van der Waals surface area contributed by atoms with Crippen LogP contribution in [0.2, 0.25) is 0 Å². The van der Waals surface area contributed by atoms with Crippen LogP contribution in [0.15, 0.2) is 40.2 Å². The number of thiazole rings is 1. The van der Waals surface area contributed by atoms with Crippen molar-refractivity contribution < 1.29 is 18.8 Å². The van der Waals surface area contributed by atoms with Crippen LogP contribution in [0.5, 0.6) is 5.75 Å². The summed E-state index contributed by atoms with van der Waals surface area (Å²) in [6, 6.07) is 9.53. The van der Waals surface area contributed by atoms with Gasteiger partial charge in [0, 0.05) is 5.38 Å². The van der Waals surface area contributed by atoms with E-state index in [2.05, 4.69) is 10.1 Å². The summed E-state index contributed by atoms with van der Waals surface area (Å²) in [5.74, 6) is 0.793. The number of nitrogens with zero attached hydrogens (tertiary/aromatic N) is 2. The first-order chi connectivity index (χ1) is 11.7. The maximum absolute atomic E-state index is 12.0. The minimum absolute atomic E-state index is 0.148. The molecule has 0 saturated heterocycles. The van der Waals surface area contributed by atoms with E-state index in [9.17, 15) is 4.79 Å². The zero-order chi connectivity index (χ0) is 16.9. The first-order valence-corrected chi connectivity index (χ1v) is 8.33. The minimum Gasteiger partial charge on any atom is -0.486 e. The monoisotopic (exact) mass is 344 g/mol. The molecule has 3 rings (SSSR count). The third-order valence-corrected chi connectivity index (χ3v) is 4.07. The predicted molar refractivity (Wildman–Crippen MR) is 89.1 cm³/mol. The third kappa shape index (κ3) is 3.46. The van der Waals surface area contributed by atoms with Crippen LogP contribution >= 0.6 is 11.3 Å². The van der Waals surface area contributed by atoms with Crippen molar-refractivity contribution in [3.8, 4) is 17.0 Å². The number of para-hydroxylation sites is 1. The van der Waals surface area contributed by atoms with E-state index < -0.39 is 5.97 Å². The highest BCUT2D eigenvalue weighted by atomic mass is 32.1. The molecule has 0 N–H and O–H groups in total. The molecule has 2 heterocycles. The average Bonchev–Trinajstić information content (AvgIpc) is 3.20. The summed E-state index contributed by atoms with van der Waals surface area (Å²) >= 11 is 1.45. The van der Waals surface area contributed by atoms with Crippen molar-refractivity contribution in [1.82, 2.24) is 10.1 Å². The minimum atomic E-state index is -0.514. The fraction of sp³-hybridized carbons (Fsp3) is 0.235. The molecule has 0 amide bonds. The second kappa shape index (κ2) is 7.27. The van der Waals surface area contributed by atoms with Crippen LogP contribution in [0.3, 0.4) is 0 Å². The summed E-state index contributed by atoms with van der Waals surface area (Å²) < 4.78 is 15.8. The Labute approximate surface area is 143 Å². The topological polar surface area (TPSA) is 74.5 Å². The van der Waals surface area contributed by atoms with Crippen molar-refractivity contribution in [3.05, 3.63) is 52.2 Å². The van der Waals surface area contributed by atoms with Crippen molar-refractivity contribution in [2.45, 2.75) is 20.5 Å². The molecule has 0 bridgehead atoms. The first-order valence-electron chi connectivity index (χ1n) is 7.45. The Morgan fingerprint density at radius 3 is 2.83 bits per heavy atom. The fourth-order valence-corrected chi connectivity index (χ4v) is 2.86. The van der Waals surface area contributed by atoms with Crippen LogP contribution in [0.4, 0.5) is 0 Å². The number of rotatable bonds is 6. The van der Waals surface area contributed by atoms with Gasteiger partial charge < -0.3 is 14.0 Å². The molecule has 0 spiro atoms. The van der Waals surface area contributed by atoms with Crippen LogP contribution in [0.1, 0.15) is 28.2 Å². The largest absolute Gasteiger partial charge is 0.486 e. The molecule has 0 atom stereocenters. The van der Waals surface area contributed by atoms with Crippen LogP contribution in [-0.4, -0.2) is 22.7 Å². The molecule has 3 aromatic rings. The summed E-state index contributed by atoms with van der Waals surface area (Å²) in [7, 11) is 0. The summed E-state index contributed by atoms with van der Waals surface area (Å²) in [6.45, 7) is 4.11. The summed E-state index contributed by atoms with van der Waals surface area (Å²) in [6.07, 6.45) is 0. The number of carbonyl (C=O) groups is 1. The molecule has 0 aliphatic rings. The molecule has 1 aromatic carbocycles. The molecular formula is C17H16N2O4S. The van der Waals surface area contributed by atoms with Gasteiger partial charge in [0.1, 0.15) is 23.1 Å². The van der Waals surface area contributed by atoms with Crippen LogP contribution in [-0.2, 0) is 11.3 Å². The van der Waals surface area contributed by atoms with Crippen molar-refractivity contribution in [2.24, 2.45) is 0 Å². The van der Waals surface area contributed by atoms with E-state index in [-0.39, 0.29) is 12.3 Å². The van der Waals surface area contributed by atoms with Gasteiger partial charge in [-0.05, 0) is 26.0 Å². The molecule has 0 saturated carbocycles. The molecule has 0 fully saturated rings. The summed E-state index contributed by atoms with van der Waals surface area (Å²) in [4.78, 5) is 16.5. The molecule has 24 heavy (non-hydrogen) atoms. The maximum atomic E-state index is 12.0. The molecular weight excluding hydrogens is 328 g/mol. The molecule has 0 radical (unpaired) electrons. The van der Waals surface area contributed by atoms with Gasteiger partial charge in [-0.15, -0.1) is 11.3 Å². The number of ether oxygens (including phenoxy) is 2. The van der Waals surface area contributed by atoms with Crippen molar-refractivity contribution >= 4 is 17.3 Å². The predicted octanol–water partition coefficient (Wildman–Crippen LogP) is 3.86. The molecule has 0 aliphatic carbocycles. The van der Waals surface area contributed by atoms with E-state index in [4.69, 9.17) is 14.0 Å². The number of esters is 1. The fourth-order valence-electron chi connectivity index (χ4n) is 2.17. The number of aryl methyl sites for hydroxylation is 1. The van der Waals surface area contributed by atoms with Gasteiger partial charge in [-0.3, -0.25) is 0 Å². The third-order valence-electron chi connectivity index (χ3n) is 3.24. The lowest BCUT2D eigenvalue weighted by atomic mass is 10.1. The van der Waals surface area contributed by atoms with Crippen LogP contribution in [0.25, 0.3) is 11.3 Å². The smallest absolute Gasteiger partial charge is 0.361 e. The van der Waals surface area contributed by atoms with Gasteiger partial charge in [-0.25, -0.2) is 9.78 Å². The number of carbonyl (C=O) groups excluding carboxylic acids is 1. The Hall–Kier alpha value is -2.67. The van der Waals surface area contributed by atoms with Gasteiger partial charge in [-0.1, -0.05) is 23.4 Å². The van der Waals surface area contributed by atoms with Gasteiger partial charge in [0.2, 0.25) is 5.69 Å². The quantitative estimate of drug-likeness (QED) is 0.632. The maximum Gasteiger partial charge on any atom is 0.361 e. The van der Waals surface area contributed by atoms with Gasteiger partial charge in [-0.2, -0.15) is 0 Å². The summed E-state index contributed by atoms with van der Waals surface area (Å²) in [5.41, 5.74) is 1.35. The lowest BCUT2D eigenvalue weighted by Gasteiger charge is -2.02. The van der Waals surface area contributed by atoms with Crippen molar-refractivity contribution in [2.75, 3.05) is 6.61 Å². The van der Waals surface area contributed by atoms with Crippen LogP contribution < -0.4 is 4.74 Å². The number of hydrogen-bond acceptors (Lipinski definition) is 7. The molecule has 2 aromatic heterocycles. The Morgan fingerprint density at radius 2 is 2.08 bits per heavy atom. The van der Waals surface area contributed by atoms with E-state index in [1.54, 1.807) is 13.8 Å². The van der Waals surface area contributed by atoms with Crippen molar-refractivity contribution in [3.63, 3.8) is 0 Å². The zero-order valence-electron chi connectivity index (χ0n) is 13.3. The van der Waals surface area contributed by atoms with Crippen LogP contribution in [0, 0.1) is 6.92 Å². The lowest BCUT2D eigenvalue weighted by molar-refractivity contribution is 0.0515. The van der Waals surface area contributed by atoms with Gasteiger partial charge >= 0.3 is 5.97 Å². The van der Waals surface area contributed by atoms with E-state index in [1.807, 2.05) is 35.7 Å². The second-order valence-corrected chi connectivity index (χ2v) is 5.85. The van der Waals surface area contributed by atoms with E-state index in [1.165, 1.54) is 11.3 Å². The molecule has 0 aliphatic heterocycles. The molecule has 0 unspecified atom stereocenters. The standard InChI is InChI=1S/C17H16N2O4S/c1-3-21-17(20)16-15(11(2)23-19-16)13-10-24-14(18-13)9-22-12-7-5-4-6-8-12/h4-8,10H,3,9H2,1-2H3. The van der Waals surface area contributed by atoms with E-state index in [0.29, 0.717) is 23.6 Å². The van der Waals surface area contributed by atoms with Gasteiger partial charge in [0.25, 0.3) is 0 Å². The van der Waals surface area contributed by atoms with E-state index >= 15 is 0 Å².